The summed E-state index contributed by atoms with van der Waals surface area (Å²) >= 11 is 0. The van der Waals surface area contributed by atoms with E-state index in [1.807, 2.05) is 31.2 Å². The summed E-state index contributed by atoms with van der Waals surface area (Å²) in [6.45, 7) is 2.02. The lowest BCUT2D eigenvalue weighted by Gasteiger charge is -1.99. The third-order valence-electron chi connectivity index (χ3n) is 2.13. The number of aromatic nitrogens is 3. The summed E-state index contributed by atoms with van der Waals surface area (Å²) in [6, 6.07) is 7.94. The molecule has 1 heterocycles. The summed E-state index contributed by atoms with van der Waals surface area (Å²) in [5, 5.41) is 11.4. The SMILES string of the molecule is Cc1ccccc1/C=N/Nc1nncn1N. The van der Waals surface area contributed by atoms with Crippen molar-refractivity contribution >= 4 is 12.2 Å². The number of hydrazone groups is 1. The maximum absolute atomic E-state index is 5.51. The van der Waals surface area contributed by atoms with Crippen LogP contribution in [-0.2, 0) is 0 Å². The Morgan fingerprint density at radius 3 is 2.94 bits per heavy atom. The first kappa shape index (κ1) is 10.2. The molecule has 0 aliphatic rings. The first-order valence-corrected chi connectivity index (χ1v) is 4.77. The Kier molecular flexibility index (Phi) is 2.81. The lowest BCUT2D eigenvalue weighted by molar-refractivity contribution is 0.988. The minimum absolute atomic E-state index is 0.393. The van der Waals surface area contributed by atoms with Crippen LogP contribution < -0.4 is 11.3 Å². The number of benzene rings is 1. The molecule has 6 nitrogen and oxygen atoms in total. The molecule has 3 N–H and O–H groups in total. The Balaban J connectivity index is 2.06. The second-order valence-electron chi connectivity index (χ2n) is 3.29. The van der Waals surface area contributed by atoms with Gasteiger partial charge in [-0.2, -0.15) is 5.10 Å². The summed E-state index contributed by atoms with van der Waals surface area (Å²) in [7, 11) is 0. The molecule has 82 valence electrons. The normalized spacial score (nSPS) is 10.8. The number of nitrogens with one attached hydrogen (secondary N) is 1. The van der Waals surface area contributed by atoms with E-state index < -0.39 is 0 Å². The van der Waals surface area contributed by atoms with Crippen LogP contribution in [0.4, 0.5) is 5.95 Å². The number of anilines is 1. The van der Waals surface area contributed by atoms with Crippen molar-refractivity contribution in [2.75, 3.05) is 11.3 Å². The Hall–Kier alpha value is -2.37. The van der Waals surface area contributed by atoms with Crippen LogP contribution in [-0.4, -0.2) is 21.1 Å². The summed E-state index contributed by atoms with van der Waals surface area (Å²) < 4.78 is 1.26. The van der Waals surface area contributed by atoms with Gasteiger partial charge < -0.3 is 5.84 Å². The average Bonchev–Trinajstić information content (AvgIpc) is 2.67. The van der Waals surface area contributed by atoms with Crippen LogP contribution in [0.2, 0.25) is 0 Å². The van der Waals surface area contributed by atoms with E-state index in [0.717, 1.165) is 11.1 Å². The van der Waals surface area contributed by atoms with Crippen molar-refractivity contribution in [3.63, 3.8) is 0 Å². The first-order valence-electron chi connectivity index (χ1n) is 4.77. The lowest BCUT2D eigenvalue weighted by Crippen LogP contribution is -2.10. The third kappa shape index (κ3) is 2.17. The second kappa shape index (κ2) is 4.43. The van der Waals surface area contributed by atoms with Gasteiger partial charge in [-0.05, 0) is 18.1 Å². The molecule has 0 aliphatic heterocycles. The fraction of sp³-hybridized carbons (Fsp3) is 0.100. The fourth-order valence-corrected chi connectivity index (χ4v) is 1.21. The van der Waals surface area contributed by atoms with E-state index in [0.29, 0.717) is 5.95 Å². The number of hydrogen-bond acceptors (Lipinski definition) is 5. The van der Waals surface area contributed by atoms with Gasteiger partial charge in [-0.15, -0.1) is 10.2 Å². The number of nitrogens with zero attached hydrogens (tertiary/aromatic N) is 4. The molecule has 1 aromatic heterocycles. The van der Waals surface area contributed by atoms with Gasteiger partial charge in [0.2, 0.25) is 0 Å². The van der Waals surface area contributed by atoms with Crippen molar-refractivity contribution in [1.82, 2.24) is 14.9 Å². The summed E-state index contributed by atoms with van der Waals surface area (Å²) in [5.74, 6) is 5.90. The van der Waals surface area contributed by atoms with Gasteiger partial charge in [-0.25, -0.2) is 10.1 Å². The smallest absolute Gasteiger partial charge is 0.263 e. The topological polar surface area (TPSA) is 81.1 Å². The quantitative estimate of drug-likeness (QED) is 0.450. The van der Waals surface area contributed by atoms with Gasteiger partial charge in [0.1, 0.15) is 6.33 Å². The van der Waals surface area contributed by atoms with Gasteiger partial charge in [0.05, 0.1) is 6.21 Å². The molecule has 0 amide bonds. The molecule has 0 radical (unpaired) electrons. The van der Waals surface area contributed by atoms with E-state index in [1.54, 1.807) is 6.21 Å². The van der Waals surface area contributed by atoms with Gasteiger partial charge in [-0.1, -0.05) is 24.3 Å². The molecule has 0 unspecified atom stereocenters. The predicted octanol–water partition coefficient (Wildman–Crippen LogP) is 0.746. The van der Waals surface area contributed by atoms with E-state index >= 15 is 0 Å². The van der Waals surface area contributed by atoms with Gasteiger partial charge >= 0.3 is 0 Å². The maximum atomic E-state index is 5.51. The summed E-state index contributed by atoms with van der Waals surface area (Å²) in [4.78, 5) is 0. The zero-order valence-corrected chi connectivity index (χ0v) is 8.83. The second-order valence-corrected chi connectivity index (χ2v) is 3.29. The van der Waals surface area contributed by atoms with Crippen LogP contribution in [0.1, 0.15) is 11.1 Å². The molecule has 0 atom stereocenters. The molecule has 0 saturated heterocycles. The minimum atomic E-state index is 0.393. The third-order valence-corrected chi connectivity index (χ3v) is 2.13. The van der Waals surface area contributed by atoms with Gasteiger partial charge in [0.25, 0.3) is 5.95 Å². The van der Waals surface area contributed by atoms with Crippen LogP contribution in [0.5, 0.6) is 0 Å². The monoisotopic (exact) mass is 216 g/mol. The predicted molar refractivity (Wildman–Crippen MR) is 62.6 cm³/mol. The molecular weight excluding hydrogens is 204 g/mol. The Bertz CT molecular complexity index is 502. The van der Waals surface area contributed by atoms with Crippen molar-refractivity contribution in [2.24, 2.45) is 5.10 Å². The molecule has 0 aliphatic carbocycles. The van der Waals surface area contributed by atoms with Crippen LogP contribution >= 0.6 is 0 Å². The van der Waals surface area contributed by atoms with Crippen molar-refractivity contribution in [3.05, 3.63) is 41.7 Å². The molecule has 0 fully saturated rings. The molecule has 1 aromatic carbocycles. The lowest BCUT2D eigenvalue weighted by atomic mass is 10.1. The highest BCUT2D eigenvalue weighted by molar-refractivity contribution is 5.81. The van der Waals surface area contributed by atoms with Crippen molar-refractivity contribution in [2.45, 2.75) is 6.92 Å². The van der Waals surface area contributed by atoms with Crippen molar-refractivity contribution in [3.8, 4) is 0 Å². The molecular formula is C10H12N6. The van der Waals surface area contributed by atoms with Gasteiger partial charge in [-0.3, -0.25) is 0 Å². The first-order chi connectivity index (χ1) is 7.77. The van der Waals surface area contributed by atoms with Crippen LogP contribution in [0.15, 0.2) is 35.7 Å². The highest BCUT2D eigenvalue weighted by Gasteiger charge is 1.97. The molecule has 0 bridgehead atoms. The van der Waals surface area contributed by atoms with E-state index in [9.17, 15) is 0 Å². The highest BCUT2D eigenvalue weighted by Crippen LogP contribution is 2.03. The van der Waals surface area contributed by atoms with E-state index in [4.69, 9.17) is 5.84 Å². The number of rotatable bonds is 3. The van der Waals surface area contributed by atoms with Gasteiger partial charge in [0, 0.05) is 0 Å². The molecule has 2 rings (SSSR count). The molecule has 0 saturated carbocycles. The van der Waals surface area contributed by atoms with Crippen molar-refractivity contribution < 1.29 is 0 Å². The zero-order chi connectivity index (χ0) is 11.4. The Labute approximate surface area is 92.8 Å². The Morgan fingerprint density at radius 2 is 2.25 bits per heavy atom. The minimum Gasteiger partial charge on any atom is -0.335 e. The van der Waals surface area contributed by atoms with E-state index in [2.05, 4.69) is 20.7 Å². The average molecular weight is 216 g/mol. The number of nitrogens with two attached hydrogens (primary N) is 1. The highest BCUT2D eigenvalue weighted by atomic mass is 15.5. The maximum Gasteiger partial charge on any atom is 0.263 e. The fourth-order valence-electron chi connectivity index (χ4n) is 1.21. The standard InChI is InChI=1S/C10H12N6/c1-8-4-2-3-5-9(8)6-12-14-10-15-13-7-16(10)11/h2-7H,11H2,1H3,(H,14,15)/b12-6+. The van der Waals surface area contributed by atoms with Crippen LogP contribution in [0.3, 0.4) is 0 Å². The number of nitrogen functional groups attached to an aromatic ring is 1. The van der Waals surface area contributed by atoms with E-state index in [-0.39, 0.29) is 0 Å². The number of hydrogen-bond donors (Lipinski definition) is 2. The van der Waals surface area contributed by atoms with Crippen molar-refractivity contribution in [1.29, 1.82) is 0 Å². The summed E-state index contributed by atoms with van der Waals surface area (Å²) in [6.07, 6.45) is 3.11. The van der Waals surface area contributed by atoms with Gasteiger partial charge in [0.15, 0.2) is 0 Å². The summed E-state index contributed by atoms with van der Waals surface area (Å²) in [5.41, 5.74) is 4.90. The molecule has 6 heteroatoms. The van der Waals surface area contributed by atoms with Crippen LogP contribution in [0.25, 0.3) is 0 Å². The molecule has 16 heavy (non-hydrogen) atoms. The largest absolute Gasteiger partial charge is 0.335 e. The molecule has 2 aromatic rings. The van der Waals surface area contributed by atoms with Crippen LogP contribution in [0, 0.1) is 6.92 Å². The Morgan fingerprint density at radius 1 is 1.44 bits per heavy atom. The molecule has 0 spiro atoms. The van der Waals surface area contributed by atoms with E-state index in [1.165, 1.54) is 11.0 Å². The zero-order valence-electron chi connectivity index (χ0n) is 8.83. The number of aryl methyl sites for hydroxylation is 1.